The molecule has 0 aromatic rings. The monoisotopic (exact) mass is 151 g/mol. The van der Waals surface area contributed by atoms with Crippen LogP contribution in [-0.2, 0) is 4.74 Å². The fourth-order valence-corrected chi connectivity index (χ4v) is 2.42. The Morgan fingerprint density at radius 1 is 1.45 bits per heavy atom. The van der Waals surface area contributed by atoms with Crippen LogP contribution in [0.1, 0.15) is 6.42 Å². The van der Waals surface area contributed by atoms with Gasteiger partial charge in [0.25, 0.3) is 0 Å². The second-order valence-electron chi connectivity index (χ2n) is 3.49. The molecule has 2 unspecified atom stereocenters. The summed E-state index contributed by atoms with van der Waals surface area (Å²) < 4.78 is 5.12. The molecule has 58 valence electrons. The Morgan fingerprint density at radius 3 is 3.09 bits per heavy atom. The van der Waals surface area contributed by atoms with Gasteiger partial charge in [-0.1, -0.05) is 12.2 Å². The molecular formula is C8H9NO2. The Kier molecular flexibility index (Phi) is 0.819. The lowest BCUT2D eigenvalue weighted by Crippen LogP contribution is -2.34. The average molecular weight is 151 g/mol. The van der Waals surface area contributed by atoms with Gasteiger partial charge in [-0.2, -0.15) is 0 Å². The third kappa shape index (κ3) is 0.564. The SMILES string of the molecule is O=C1N[C@@H]2C3C=CC(C3)[C@@H]2O1. The molecule has 0 spiro atoms. The Hall–Kier alpha value is -0.990. The van der Waals surface area contributed by atoms with E-state index < -0.39 is 0 Å². The van der Waals surface area contributed by atoms with Crippen molar-refractivity contribution in [2.24, 2.45) is 11.8 Å². The predicted molar refractivity (Wildman–Crippen MR) is 37.9 cm³/mol. The van der Waals surface area contributed by atoms with Gasteiger partial charge in [-0.3, -0.25) is 0 Å². The lowest BCUT2D eigenvalue weighted by Gasteiger charge is -2.16. The maximum Gasteiger partial charge on any atom is 0.407 e. The van der Waals surface area contributed by atoms with E-state index in [1.54, 1.807) is 0 Å². The predicted octanol–water partition coefficient (Wildman–Crippen LogP) is 0.669. The van der Waals surface area contributed by atoms with Crippen molar-refractivity contribution in [3.05, 3.63) is 12.2 Å². The van der Waals surface area contributed by atoms with Crippen molar-refractivity contribution in [2.75, 3.05) is 0 Å². The van der Waals surface area contributed by atoms with E-state index in [-0.39, 0.29) is 18.2 Å². The van der Waals surface area contributed by atoms with E-state index in [9.17, 15) is 4.79 Å². The van der Waals surface area contributed by atoms with Crippen molar-refractivity contribution >= 4 is 6.09 Å². The third-order valence-corrected chi connectivity index (χ3v) is 2.91. The van der Waals surface area contributed by atoms with Gasteiger partial charge in [0.2, 0.25) is 0 Å². The Balaban J connectivity index is 1.97. The van der Waals surface area contributed by atoms with Gasteiger partial charge >= 0.3 is 6.09 Å². The summed E-state index contributed by atoms with van der Waals surface area (Å²) in [7, 11) is 0. The molecule has 0 aromatic heterocycles. The van der Waals surface area contributed by atoms with Crippen LogP contribution in [0.15, 0.2) is 12.2 Å². The van der Waals surface area contributed by atoms with E-state index in [0.29, 0.717) is 11.8 Å². The third-order valence-electron chi connectivity index (χ3n) is 2.91. The topological polar surface area (TPSA) is 38.3 Å². The summed E-state index contributed by atoms with van der Waals surface area (Å²) in [5.41, 5.74) is 0. The van der Waals surface area contributed by atoms with E-state index in [0.717, 1.165) is 6.42 Å². The number of carbonyl (C=O) groups is 1. The number of amides is 1. The lowest BCUT2D eigenvalue weighted by atomic mass is 10.00. The van der Waals surface area contributed by atoms with Crippen molar-refractivity contribution in [3.63, 3.8) is 0 Å². The number of rotatable bonds is 0. The highest BCUT2D eigenvalue weighted by molar-refractivity contribution is 5.71. The molecule has 3 rings (SSSR count). The number of hydrogen-bond donors (Lipinski definition) is 1. The highest BCUT2D eigenvalue weighted by atomic mass is 16.6. The van der Waals surface area contributed by atoms with Crippen LogP contribution in [0, 0.1) is 11.8 Å². The zero-order chi connectivity index (χ0) is 7.42. The molecule has 2 aliphatic carbocycles. The van der Waals surface area contributed by atoms with E-state index in [2.05, 4.69) is 17.5 Å². The first-order valence-corrected chi connectivity index (χ1v) is 4.00. The fourth-order valence-electron chi connectivity index (χ4n) is 2.42. The maximum atomic E-state index is 10.8. The Bertz CT molecular complexity index is 226. The second kappa shape index (κ2) is 1.60. The zero-order valence-corrected chi connectivity index (χ0v) is 5.99. The first-order valence-electron chi connectivity index (χ1n) is 4.00. The molecule has 3 aliphatic rings. The smallest absolute Gasteiger partial charge is 0.407 e. The summed E-state index contributed by atoms with van der Waals surface area (Å²) in [5, 5.41) is 2.83. The van der Waals surface area contributed by atoms with E-state index in [1.165, 1.54) is 0 Å². The number of carbonyl (C=O) groups excluding carboxylic acids is 1. The zero-order valence-electron chi connectivity index (χ0n) is 5.99. The molecule has 2 bridgehead atoms. The lowest BCUT2D eigenvalue weighted by molar-refractivity contribution is 0.120. The summed E-state index contributed by atoms with van der Waals surface area (Å²) in [6, 6.07) is 0.275. The first-order chi connectivity index (χ1) is 5.34. The number of fused-ring (bicyclic) bond motifs is 5. The largest absolute Gasteiger partial charge is 0.443 e. The van der Waals surface area contributed by atoms with Crippen LogP contribution >= 0.6 is 0 Å². The van der Waals surface area contributed by atoms with Gasteiger partial charge in [0.15, 0.2) is 0 Å². The Labute approximate surface area is 64.4 Å². The van der Waals surface area contributed by atoms with Crippen LogP contribution in [0.5, 0.6) is 0 Å². The van der Waals surface area contributed by atoms with Gasteiger partial charge in [-0.25, -0.2) is 4.79 Å². The van der Waals surface area contributed by atoms with Crippen molar-refractivity contribution in [2.45, 2.75) is 18.6 Å². The van der Waals surface area contributed by atoms with Gasteiger partial charge in [0, 0.05) is 11.8 Å². The van der Waals surface area contributed by atoms with Crippen molar-refractivity contribution < 1.29 is 9.53 Å². The molecule has 11 heavy (non-hydrogen) atoms. The standard InChI is InChI=1S/C8H9NO2/c10-8-9-6-4-1-2-5(3-4)7(6)11-8/h1-2,4-7H,3H2,(H,9,10)/t4?,5?,6-,7+/m1/s1. The molecule has 0 radical (unpaired) electrons. The van der Waals surface area contributed by atoms with Crippen LogP contribution in [0.2, 0.25) is 0 Å². The number of hydrogen-bond acceptors (Lipinski definition) is 2. The quantitative estimate of drug-likeness (QED) is 0.517. The van der Waals surface area contributed by atoms with Gasteiger partial charge in [-0.15, -0.1) is 0 Å². The molecule has 1 saturated carbocycles. The molecule has 0 aromatic carbocycles. The van der Waals surface area contributed by atoms with Crippen molar-refractivity contribution in [1.29, 1.82) is 0 Å². The maximum absolute atomic E-state index is 10.8. The minimum Gasteiger partial charge on any atom is -0.443 e. The molecule has 1 N–H and O–H groups in total. The summed E-state index contributed by atoms with van der Waals surface area (Å²) in [6.45, 7) is 0. The molecule has 3 nitrogen and oxygen atoms in total. The highest BCUT2D eigenvalue weighted by Crippen LogP contribution is 2.43. The molecule has 3 heteroatoms. The molecule has 1 heterocycles. The molecular weight excluding hydrogens is 142 g/mol. The van der Waals surface area contributed by atoms with Crippen LogP contribution in [-0.4, -0.2) is 18.2 Å². The fraction of sp³-hybridized carbons (Fsp3) is 0.625. The van der Waals surface area contributed by atoms with Crippen molar-refractivity contribution in [1.82, 2.24) is 5.32 Å². The summed E-state index contributed by atoms with van der Waals surface area (Å²) in [5.74, 6) is 1.03. The van der Waals surface area contributed by atoms with Crippen LogP contribution < -0.4 is 5.32 Å². The van der Waals surface area contributed by atoms with Gasteiger partial charge in [0.05, 0.1) is 6.04 Å². The van der Waals surface area contributed by atoms with E-state index >= 15 is 0 Å². The molecule has 1 amide bonds. The van der Waals surface area contributed by atoms with E-state index in [1.807, 2.05) is 0 Å². The minimum absolute atomic E-state index is 0.137. The molecule has 2 fully saturated rings. The van der Waals surface area contributed by atoms with Gasteiger partial charge in [-0.05, 0) is 6.42 Å². The van der Waals surface area contributed by atoms with Gasteiger partial charge < -0.3 is 10.1 Å². The summed E-state index contributed by atoms with van der Waals surface area (Å²) in [6.07, 6.45) is 5.43. The normalized spacial score (nSPS) is 50.7. The minimum atomic E-state index is -0.238. The van der Waals surface area contributed by atoms with Crippen LogP contribution in [0.3, 0.4) is 0 Å². The summed E-state index contributed by atoms with van der Waals surface area (Å²) in [4.78, 5) is 10.8. The van der Waals surface area contributed by atoms with Gasteiger partial charge in [0.1, 0.15) is 6.10 Å². The Morgan fingerprint density at radius 2 is 2.27 bits per heavy atom. The summed E-state index contributed by atoms with van der Waals surface area (Å²) >= 11 is 0. The van der Waals surface area contributed by atoms with E-state index in [4.69, 9.17) is 4.74 Å². The number of alkyl carbamates (subject to hydrolysis) is 1. The first kappa shape index (κ1) is 5.63. The average Bonchev–Trinajstić information content (AvgIpc) is 2.53. The molecule has 1 saturated heterocycles. The number of ether oxygens (including phenoxy) is 1. The molecule has 4 atom stereocenters. The molecule has 1 aliphatic heterocycles. The van der Waals surface area contributed by atoms with Crippen LogP contribution in [0.25, 0.3) is 0 Å². The van der Waals surface area contributed by atoms with Crippen LogP contribution in [0.4, 0.5) is 4.79 Å². The second-order valence-corrected chi connectivity index (χ2v) is 3.49. The number of nitrogens with one attached hydrogen (secondary N) is 1. The van der Waals surface area contributed by atoms with Crippen molar-refractivity contribution in [3.8, 4) is 0 Å². The highest BCUT2D eigenvalue weighted by Gasteiger charge is 2.51.